The Bertz CT molecular complexity index is 1260. The van der Waals surface area contributed by atoms with Crippen LogP contribution < -0.4 is 5.43 Å². The van der Waals surface area contributed by atoms with Gasteiger partial charge in [0.25, 0.3) is 0 Å². The van der Waals surface area contributed by atoms with Gasteiger partial charge in [-0.15, -0.1) is 11.3 Å². The van der Waals surface area contributed by atoms with E-state index in [1.54, 1.807) is 29.8 Å². The van der Waals surface area contributed by atoms with Crippen LogP contribution in [0.3, 0.4) is 0 Å². The highest BCUT2D eigenvalue weighted by atomic mass is 32.1. The lowest BCUT2D eigenvalue weighted by atomic mass is 10.1. The number of carbonyl (C=O) groups excluding carboxylic acids is 1. The van der Waals surface area contributed by atoms with Crippen molar-refractivity contribution in [2.24, 2.45) is 0 Å². The van der Waals surface area contributed by atoms with Crippen molar-refractivity contribution in [1.29, 1.82) is 0 Å². The quantitative estimate of drug-likeness (QED) is 0.480. The number of carbonyl (C=O) groups is 1. The molecule has 0 saturated carbocycles. The highest BCUT2D eigenvalue weighted by Gasteiger charge is 2.19. The summed E-state index contributed by atoms with van der Waals surface area (Å²) in [4.78, 5) is 38.7. The first kappa shape index (κ1) is 18.9. The van der Waals surface area contributed by atoms with Crippen LogP contribution in [0.15, 0.2) is 46.8 Å². The molecule has 0 amide bonds. The van der Waals surface area contributed by atoms with Crippen molar-refractivity contribution in [2.75, 3.05) is 6.61 Å². The highest BCUT2D eigenvalue weighted by Crippen LogP contribution is 2.24. The summed E-state index contributed by atoms with van der Waals surface area (Å²) < 4.78 is 6.72. The monoisotopic (exact) mass is 406 g/mol. The van der Waals surface area contributed by atoms with Crippen LogP contribution in [-0.2, 0) is 4.74 Å². The molecule has 0 aliphatic carbocycles. The van der Waals surface area contributed by atoms with E-state index in [4.69, 9.17) is 9.72 Å². The number of esters is 1. The van der Waals surface area contributed by atoms with Crippen LogP contribution in [-0.4, -0.2) is 32.1 Å². The zero-order chi connectivity index (χ0) is 20.5. The van der Waals surface area contributed by atoms with Gasteiger partial charge in [-0.25, -0.2) is 14.8 Å². The third-order valence-corrected chi connectivity index (χ3v) is 5.12. The molecule has 4 aromatic heterocycles. The van der Waals surface area contributed by atoms with E-state index < -0.39 is 11.4 Å². The molecule has 0 aromatic carbocycles. The number of nitrogens with zero attached hydrogens (tertiary/aromatic N) is 4. The van der Waals surface area contributed by atoms with Crippen molar-refractivity contribution >= 4 is 28.3 Å². The number of ether oxygens (including phenoxy) is 1. The normalized spacial score (nSPS) is 11.0. The second-order valence-electron chi connectivity index (χ2n) is 6.48. The minimum absolute atomic E-state index is 0.0419. The summed E-state index contributed by atoms with van der Waals surface area (Å²) in [5.41, 5.74) is 3.37. The average molecular weight is 406 g/mol. The zero-order valence-electron chi connectivity index (χ0n) is 16.2. The fraction of sp³-hybridized carbons (Fsp3) is 0.190. The van der Waals surface area contributed by atoms with Crippen molar-refractivity contribution < 1.29 is 9.53 Å². The van der Waals surface area contributed by atoms with Gasteiger partial charge in [0.2, 0.25) is 5.43 Å². The molecule has 0 fully saturated rings. The number of pyridine rings is 3. The van der Waals surface area contributed by atoms with Gasteiger partial charge in [0.1, 0.15) is 5.56 Å². The summed E-state index contributed by atoms with van der Waals surface area (Å²) in [5.74, 6) is -0.658. The lowest BCUT2D eigenvalue weighted by Gasteiger charge is -2.12. The van der Waals surface area contributed by atoms with Crippen molar-refractivity contribution in [3.05, 3.63) is 69.2 Å². The Morgan fingerprint density at radius 3 is 2.59 bits per heavy atom. The van der Waals surface area contributed by atoms with Crippen LogP contribution in [0.5, 0.6) is 0 Å². The molecule has 0 saturated heterocycles. The molecule has 0 bridgehead atoms. The SMILES string of the molecule is CCOC(=O)c1cn(-c2nccs2)c2nc(-c3cc(C)nc(C)c3)ccc2c1=O. The maximum absolute atomic E-state index is 12.9. The van der Waals surface area contributed by atoms with Crippen LogP contribution in [0.25, 0.3) is 27.4 Å². The van der Waals surface area contributed by atoms with Crippen molar-refractivity contribution in [2.45, 2.75) is 20.8 Å². The minimum atomic E-state index is -0.658. The van der Waals surface area contributed by atoms with Crippen LogP contribution in [0.1, 0.15) is 28.7 Å². The first-order chi connectivity index (χ1) is 14.0. The summed E-state index contributed by atoms with van der Waals surface area (Å²) in [6.07, 6.45) is 3.12. The highest BCUT2D eigenvalue weighted by molar-refractivity contribution is 7.12. The van der Waals surface area contributed by atoms with Gasteiger partial charge in [0.05, 0.1) is 17.7 Å². The first-order valence-electron chi connectivity index (χ1n) is 9.07. The van der Waals surface area contributed by atoms with Crippen molar-refractivity contribution in [3.8, 4) is 16.4 Å². The molecule has 0 unspecified atom stereocenters. The van der Waals surface area contributed by atoms with E-state index in [0.29, 0.717) is 21.9 Å². The number of thiazole rings is 1. The van der Waals surface area contributed by atoms with Crippen molar-refractivity contribution in [3.63, 3.8) is 0 Å². The Hall–Kier alpha value is -3.39. The van der Waals surface area contributed by atoms with E-state index in [0.717, 1.165) is 17.0 Å². The number of aromatic nitrogens is 4. The molecule has 4 aromatic rings. The molecule has 146 valence electrons. The maximum Gasteiger partial charge on any atom is 0.343 e. The molecule has 4 rings (SSSR count). The number of aryl methyl sites for hydroxylation is 2. The number of fused-ring (bicyclic) bond motifs is 1. The summed E-state index contributed by atoms with van der Waals surface area (Å²) in [7, 11) is 0. The first-order valence-corrected chi connectivity index (χ1v) is 9.95. The zero-order valence-corrected chi connectivity index (χ0v) is 17.0. The molecule has 0 aliphatic rings. The Morgan fingerprint density at radius 2 is 1.93 bits per heavy atom. The topological polar surface area (TPSA) is 87.0 Å². The van der Waals surface area contributed by atoms with Gasteiger partial charge in [0, 0.05) is 34.7 Å². The van der Waals surface area contributed by atoms with Crippen LogP contribution >= 0.6 is 11.3 Å². The Labute approximate surface area is 170 Å². The molecule has 29 heavy (non-hydrogen) atoms. The molecule has 0 N–H and O–H groups in total. The predicted molar refractivity (Wildman–Crippen MR) is 112 cm³/mol. The van der Waals surface area contributed by atoms with Gasteiger partial charge >= 0.3 is 5.97 Å². The van der Waals surface area contributed by atoms with Gasteiger partial charge in [-0.3, -0.25) is 14.3 Å². The average Bonchev–Trinajstić information content (AvgIpc) is 3.22. The molecular weight excluding hydrogens is 388 g/mol. The second kappa shape index (κ2) is 7.56. The fourth-order valence-corrected chi connectivity index (χ4v) is 3.80. The van der Waals surface area contributed by atoms with Gasteiger partial charge in [0.15, 0.2) is 10.8 Å². The molecule has 0 atom stereocenters. The van der Waals surface area contributed by atoms with E-state index in [1.807, 2.05) is 31.4 Å². The van der Waals surface area contributed by atoms with Crippen molar-refractivity contribution in [1.82, 2.24) is 19.5 Å². The summed E-state index contributed by atoms with van der Waals surface area (Å²) in [6.45, 7) is 5.74. The lowest BCUT2D eigenvalue weighted by molar-refractivity contribution is 0.0524. The number of hydrogen-bond acceptors (Lipinski definition) is 7. The van der Waals surface area contributed by atoms with E-state index in [1.165, 1.54) is 17.5 Å². The van der Waals surface area contributed by atoms with E-state index in [-0.39, 0.29) is 12.2 Å². The van der Waals surface area contributed by atoms with Crippen LogP contribution in [0, 0.1) is 13.8 Å². The summed E-state index contributed by atoms with van der Waals surface area (Å²) >= 11 is 1.38. The largest absolute Gasteiger partial charge is 0.462 e. The van der Waals surface area contributed by atoms with Crippen LogP contribution in [0.4, 0.5) is 0 Å². The number of rotatable bonds is 4. The Balaban J connectivity index is 2.00. The van der Waals surface area contributed by atoms with E-state index in [9.17, 15) is 9.59 Å². The minimum Gasteiger partial charge on any atom is -0.462 e. The molecule has 7 nitrogen and oxygen atoms in total. The molecule has 0 aliphatic heterocycles. The van der Waals surface area contributed by atoms with Gasteiger partial charge < -0.3 is 4.74 Å². The fourth-order valence-electron chi connectivity index (χ4n) is 3.18. The van der Waals surface area contributed by atoms with E-state index >= 15 is 0 Å². The third-order valence-electron chi connectivity index (χ3n) is 4.35. The van der Waals surface area contributed by atoms with E-state index in [2.05, 4.69) is 9.97 Å². The Kier molecular flexibility index (Phi) is 4.94. The molecule has 0 spiro atoms. The molecule has 4 heterocycles. The third kappa shape index (κ3) is 3.54. The lowest BCUT2D eigenvalue weighted by Crippen LogP contribution is -2.21. The molecule has 0 radical (unpaired) electrons. The van der Waals surface area contributed by atoms with Gasteiger partial charge in [-0.05, 0) is 45.0 Å². The van der Waals surface area contributed by atoms with Gasteiger partial charge in [-0.1, -0.05) is 0 Å². The smallest absolute Gasteiger partial charge is 0.343 e. The van der Waals surface area contributed by atoms with Crippen LogP contribution in [0.2, 0.25) is 0 Å². The second-order valence-corrected chi connectivity index (χ2v) is 7.36. The Morgan fingerprint density at radius 1 is 1.17 bits per heavy atom. The predicted octanol–water partition coefficient (Wildman–Crippen LogP) is 3.70. The summed E-state index contributed by atoms with van der Waals surface area (Å²) in [5, 5.41) is 2.76. The summed E-state index contributed by atoms with van der Waals surface area (Å²) in [6, 6.07) is 7.36. The molecule has 8 heteroatoms. The number of hydrogen-bond donors (Lipinski definition) is 0. The standard InChI is InChI=1S/C21H18N4O3S/c1-4-28-20(27)16-11-25(21-22-7-8-29-21)19-15(18(16)26)5-6-17(24-19)14-9-12(2)23-13(3)10-14/h5-11H,4H2,1-3H3. The molecular formula is C21H18N4O3S. The maximum atomic E-state index is 12.9. The van der Waals surface area contributed by atoms with Gasteiger partial charge in [-0.2, -0.15) is 0 Å².